The summed E-state index contributed by atoms with van der Waals surface area (Å²) in [6.07, 6.45) is 0. The molecular weight excluding hydrogens is 328 g/mol. The Bertz CT molecular complexity index is 870. The van der Waals surface area contributed by atoms with E-state index in [1.54, 1.807) is 9.80 Å². The van der Waals surface area contributed by atoms with Crippen molar-refractivity contribution in [3.63, 3.8) is 0 Å². The molecule has 3 aromatic rings. The molecule has 1 fully saturated rings. The summed E-state index contributed by atoms with van der Waals surface area (Å²) in [5.74, 6) is 0. The molecule has 4 nitrogen and oxygen atoms in total. The maximum atomic E-state index is 9.24. The quantitative estimate of drug-likeness (QED) is 0.726. The molecule has 1 aliphatic heterocycles. The van der Waals surface area contributed by atoms with Gasteiger partial charge in [0.2, 0.25) is 0 Å². The molecule has 0 saturated carbocycles. The third kappa shape index (κ3) is 3.72. The van der Waals surface area contributed by atoms with Crippen molar-refractivity contribution in [2.45, 2.75) is 13.1 Å². The minimum Gasteiger partial charge on any atom is -0.322 e. The van der Waals surface area contributed by atoms with Gasteiger partial charge in [0, 0.05) is 5.56 Å². The molecule has 4 rings (SSSR count). The van der Waals surface area contributed by atoms with Gasteiger partial charge < -0.3 is 9.80 Å². The van der Waals surface area contributed by atoms with Crippen molar-refractivity contribution in [1.82, 2.24) is 4.98 Å². The highest BCUT2D eigenvalue weighted by molar-refractivity contribution is 7.18. The van der Waals surface area contributed by atoms with Crippen LogP contribution in [0, 0.1) is 11.3 Å². The van der Waals surface area contributed by atoms with Gasteiger partial charge in [0.05, 0.1) is 21.8 Å². The molecule has 0 aliphatic carbocycles. The van der Waals surface area contributed by atoms with Crippen LogP contribution in [0.4, 0.5) is 0 Å². The zero-order valence-electron chi connectivity index (χ0n) is 14.2. The maximum absolute atomic E-state index is 9.24. The van der Waals surface area contributed by atoms with Gasteiger partial charge in [-0.05, 0) is 18.2 Å². The molecule has 25 heavy (non-hydrogen) atoms. The van der Waals surface area contributed by atoms with E-state index in [9.17, 15) is 5.26 Å². The molecule has 2 aromatic carbocycles. The third-order valence-corrected chi connectivity index (χ3v) is 6.02. The molecule has 1 aliphatic rings. The van der Waals surface area contributed by atoms with E-state index in [0.29, 0.717) is 0 Å². The Morgan fingerprint density at radius 1 is 0.920 bits per heavy atom. The van der Waals surface area contributed by atoms with E-state index >= 15 is 0 Å². The lowest BCUT2D eigenvalue weighted by Gasteiger charge is -2.29. The fourth-order valence-electron chi connectivity index (χ4n) is 3.57. The molecule has 5 heteroatoms. The summed E-state index contributed by atoms with van der Waals surface area (Å²) in [4.78, 5) is 7.97. The van der Waals surface area contributed by atoms with Gasteiger partial charge >= 0.3 is 0 Å². The summed E-state index contributed by atoms with van der Waals surface area (Å²) in [6, 6.07) is 18.7. The summed E-state index contributed by atoms with van der Waals surface area (Å²) in [5, 5.41) is 10.5. The second kappa shape index (κ2) is 7.32. The average Bonchev–Trinajstić information content (AvgIpc) is 3.06. The molecular formula is C20H22N4S+2. The van der Waals surface area contributed by atoms with Crippen LogP contribution in [0.2, 0.25) is 0 Å². The van der Waals surface area contributed by atoms with E-state index in [4.69, 9.17) is 4.98 Å². The molecule has 2 heterocycles. The Labute approximate surface area is 151 Å². The summed E-state index contributed by atoms with van der Waals surface area (Å²) >= 11 is 1.82. The van der Waals surface area contributed by atoms with E-state index in [1.165, 1.54) is 28.4 Å². The zero-order valence-corrected chi connectivity index (χ0v) is 15.0. The van der Waals surface area contributed by atoms with Gasteiger partial charge in [-0.1, -0.05) is 30.3 Å². The number of para-hydroxylation sites is 1. The number of fused-ring (bicyclic) bond motifs is 1. The Morgan fingerprint density at radius 3 is 2.36 bits per heavy atom. The van der Waals surface area contributed by atoms with Crippen molar-refractivity contribution in [3.8, 4) is 6.07 Å². The largest absolute Gasteiger partial charge is 0.322 e. The number of aromatic nitrogens is 1. The van der Waals surface area contributed by atoms with Gasteiger partial charge in [0.15, 0.2) is 0 Å². The van der Waals surface area contributed by atoms with Crippen molar-refractivity contribution in [1.29, 1.82) is 5.26 Å². The maximum Gasteiger partial charge on any atom is 0.148 e. The van der Waals surface area contributed by atoms with E-state index in [1.807, 2.05) is 29.5 Å². The number of nitrogens with zero attached hydrogens (tertiary/aromatic N) is 2. The minimum absolute atomic E-state index is 0.819. The predicted octanol–water partition coefficient (Wildman–Crippen LogP) is 0.652. The lowest BCUT2D eigenvalue weighted by atomic mass is 10.1. The first kappa shape index (κ1) is 16.2. The van der Waals surface area contributed by atoms with Crippen LogP contribution >= 0.6 is 11.3 Å². The molecule has 2 N–H and O–H groups in total. The normalized spacial score (nSPS) is 20.4. The van der Waals surface area contributed by atoms with E-state index in [0.717, 1.165) is 37.3 Å². The molecule has 0 unspecified atom stereocenters. The number of nitriles is 1. The number of hydrogen-bond acceptors (Lipinski definition) is 3. The first-order valence-electron chi connectivity index (χ1n) is 8.81. The molecule has 0 amide bonds. The summed E-state index contributed by atoms with van der Waals surface area (Å²) < 4.78 is 1.29. The highest BCUT2D eigenvalue weighted by Crippen LogP contribution is 2.20. The van der Waals surface area contributed by atoms with Crippen LogP contribution in [-0.4, -0.2) is 31.2 Å². The van der Waals surface area contributed by atoms with Crippen LogP contribution in [0.5, 0.6) is 0 Å². The Morgan fingerprint density at radius 2 is 1.60 bits per heavy atom. The zero-order chi connectivity index (χ0) is 17.1. The highest BCUT2D eigenvalue weighted by Gasteiger charge is 2.24. The van der Waals surface area contributed by atoms with Crippen molar-refractivity contribution in [2.75, 3.05) is 26.2 Å². The molecule has 0 atom stereocenters. The summed E-state index contributed by atoms with van der Waals surface area (Å²) in [5.41, 5.74) is 3.12. The van der Waals surface area contributed by atoms with Crippen molar-refractivity contribution in [2.24, 2.45) is 0 Å². The Hall–Kier alpha value is -2.26. The average molecular weight is 350 g/mol. The number of quaternary nitrogens is 2. The van der Waals surface area contributed by atoms with E-state index in [2.05, 4.69) is 36.4 Å². The van der Waals surface area contributed by atoms with Gasteiger partial charge in [0.1, 0.15) is 44.3 Å². The highest BCUT2D eigenvalue weighted by atomic mass is 32.1. The Kier molecular flexibility index (Phi) is 4.75. The van der Waals surface area contributed by atoms with Crippen LogP contribution in [0.1, 0.15) is 16.1 Å². The van der Waals surface area contributed by atoms with Crippen molar-refractivity contribution >= 4 is 21.6 Å². The van der Waals surface area contributed by atoms with Crippen LogP contribution in [0.3, 0.4) is 0 Å². The molecule has 1 saturated heterocycles. The second-order valence-electron chi connectivity index (χ2n) is 6.70. The molecule has 0 spiro atoms. The van der Waals surface area contributed by atoms with Crippen LogP contribution < -0.4 is 9.80 Å². The fraction of sp³-hybridized carbons (Fsp3) is 0.300. The molecule has 126 valence electrons. The molecule has 0 bridgehead atoms. The number of benzene rings is 2. The van der Waals surface area contributed by atoms with Crippen LogP contribution in [-0.2, 0) is 13.1 Å². The van der Waals surface area contributed by atoms with Gasteiger partial charge in [-0.2, -0.15) is 5.26 Å². The second-order valence-corrected chi connectivity index (χ2v) is 7.81. The summed E-state index contributed by atoms with van der Waals surface area (Å²) in [7, 11) is 0. The lowest BCUT2D eigenvalue weighted by molar-refractivity contribution is -1.02. The number of hydrogen-bond donors (Lipinski definition) is 2. The number of piperazine rings is 1. The molecule has 1 aromatic heterocycles. The van der Waals surface area contributed by atoms with Gasteiger partial charge in [0.25, 0.3) is 0 Å². The standard InChI is InChI=1S/C20H20N4S/c21-13-16-5-1-2-6-17(16)14-23-9-11-24(12-10-23)15-20-22-18-7-3-4-8-19(18)25-20/h1-8H,9-12,14-15H2/p+2. The lowest BCUT2D eigenvalue weighted by Crippen LogP contribution is -3.27. The van der Waals surface area contributed by atoms with Crippen LogP contribution in [0.15, 0.2) is 48.5 Å². The van der Waals surface area contributed by atoms with Crippen molar-refractivity contribution < 1.29 is 9.80 Å². The van der Waals surface area contributed by atoms with Gasteiger partial charge in [-0.25, -0.2) is 4.98 Å². The fourth-order valence-corrected chi connectivity index (χ4v) is 4.61. The summed E-state index contributed by atoms with van der Waals surface area (Å²) in [6.45, 7) is 6.62. The topological polar surface area (TPSA) is 45.6 Å². The number of nitrogens with one attached hydrogen (secondary N) is 2. The first-order valence-corrected chi connectivity index (χ1v) is 9.63. The molecule has 0 radical (unpaired) electrons. The van der Waals surface area contributed by atoms with Gasteiger partial charge in [-0.15, -0.1) is 11.3 Å². The van der Waals surface area contributed by atoms with E-state index < -0.39 is 0 Å². The number of thiazole rings is 1. The third-order valence-electron chi connectivity index (χ3n) is 4.98. The van der Waals surface area contributed by atoms with Crippen molar-refractivity contribution in [3.05, 3.63) is 64.7 Å². The SMILES string of the molecule is N#Cc1ccccc1C[NH+]1CC[NH+](Cc2nc3ccccc3s2)CC1. The smallest absolute Gasteiger partial charge is 0.148 e. The van der Waals surface area contributed by atoms with E-state index in [-0.39, 0.29) is 0 Å². The van der Waals surface area contributed by atoms with Crippen LogP contribution in [0.25, 0.3) is 10.2 Å². The predicted molar refractivity (Wildman–Crippen MR) is 99.6 cm³/mol. The Balaban J connectivity index is 1.34. The first-order chi connectivity index (χ1) is 12.3. The number of rotatable bonds is 4. The van der Waals surface area contributed by atoms with Gasteiger partial charge in [-0.3, -0.25) is 0 Å². The monoisotopic (exact) mass is 350 g/mol. The minimum atomic E-state index is 0.819.